The molecule has 0 aliphatic heterocycles. The molecule has 0 atom stereocenters. The third-order valence-corrected chi connectivity index (χ3v) is 4.22. The summed E-state index contributed by atoms with van der Waals surface area (Å²) in [5, 5.41) is 20.9. The molecule has 0 fully saturated rings. The summed E-state index contributed by atoms with van der Waals surface area (Å²) < 4.78 is 42.5. The summed E-state index contributed by atoms with van der Waals surface area (Å²) in [6, 6.07) is 5.12. The van der Waals surface area contributed by atoms with Gasteiger partial charge in [-0.05, 0) is 12.1 Å². The second kappa shape index (κ2) is 7.73. The molecule has 3 aromatic rings. The molecule has 0 saturated carbocycles. The highest BCUT2D eigenvalue weighted by molar-refractivity contribution is 5.93. The number of aromatic nitrogens is 1. The summed E-state index contributed by atoms with van der Waals surface area (Å²) in [7, 11) is 0. The first-order chi connectivity index (χ1) is 13.3. The van der Waals surface area contributed by atoms with Gasteiger partial charge in [-0.1, -0.05) is 6.07 Å². The minimum absolute atomic E-state index is 0.0376. The van der Waals surface area contributed by atoms with Crippen LogP contribution in [0.2, 0.25) is 0 Å². The van der Waals surface area contributed by atoms with Crippen molar-refractivity contribution < 1.29 is 28.2 Å². The average molecular weight is 392 g/mol. The van der Waals surface area contributed by atoms with E-state index in [0.29, 0.717) is 6.07 Å². The number of carboxylic acids is 1. The molecule has 1 aromatic heterocycles. The van der Waals surface area contributed by atoms with Gasteiger partial charge >= 0.3 is 5.97 Å². The van der Waals surface area contributed by atoms with Crippen molar-refractivity contribution in [3.8, 4) is 0 Å². The molecule has 146 valence electrons. The van der Waals surface area contributed by atoms with Crippen LogP contribution in [0.5, 0.6) is 0 Å². The fourth-order valence-electron chi connectivity index (χ4n) is 2.85. The van der Waals surface area contributed by atoms with E-state index in [2.05, 4.69) is 5.32 Å². The van der Waals surface area contributed by atoms with Crippen molar-refractivity contribution >= 4 is 22.6 Å². The van der Waals surface area contributed by atoms with E-state index in [1.54, 1.807) is 0 Å². The summed E-state index contributed by atoms with van der Waals surface area (Å²) in [5.41, 5.74) is -1.29. The molecule has 28 heavy (non-hydrogen) atoms. The number of aliphatic hydroxyl groups excluding tert-OH is 1. The van der Waals surface area contributed by atoms with Gasteiger partial charge in [0.15, 0.2) is 0 Å². The van der Waals surface area contributed by atoms with E-state index in [0.717, 1.165) is 24.4 Å². The zero-order valence-electron chi connectivity index (χ0n) is 14.4. The number of carboxylic acid groups (broad SMARTS) is 1. The molecule has 6 nitrogen and oxygen atoms in total. The van der Waals surface area contributed by atoms with Crippen LogP contribution in [-0.2, 0) is 13.1 Å². The van der Waals surface area contributed by atoms with Gasteiger partial charge in [-0.2, -0.15) is 0 Å². The highest BCUT2D eigenvalue weighted by Gasteiger charge is 2.17. The number of benzene rings is 2. The Morgan fingerprint density at radius 1 is 1.11 bits per heavy atom. The van der Waals surface area contributed by atoms with E-state index >= 15 is 0 Å². The van der Waals surface area contributed by atoms with Crippen molar-refractivity contribution in [1.29, 1.82) is 0 Å². The second-order valence-electron chi connectivity index (χ2n) is 6.03. The molecule has 0 spiro atoms. The van der Waals surface area contributed by atoms with Gasteiger partial charge in [0.25, 0.3) is 0 Å². The molecular weight excluding hydrogens is 377 g/mol. The first-order valence-electron chi connectivity index (χ1n) is 8.20. The van der Waals surface area contributed by atoms with Gasteiger partial charge in [0.1, 0.15) is 23.0 Å². The average Bonchev–Trinajstić information content (AvgIpc) is 2.63. The van der Waals surface area contributed by atoms with Crippen molar-refractivity contribution in [2.75, 3.05) is 11.9 Å². The SMILES string of the molecule is O=C(O)c1cn(CCO)c2cc(F)c(NCc3ccc(F)cc3F)cc2c1=O. The van der Waals surface area contributed by atoms with Crippen LogP contribution >= 0.6 is 0 Å². The molecule has 0 aliphatic carbocycles. The van der Waals surface area contributed by atoms with Gasteiger partial charge in [0.2, 0.25) is 5.43 Å². The van der Waals surface area contributed by atoms with Crippen molar-refractivity contribution in [3.05, 3.63) is 75.3 Å². The number of nitrogens with zero attached hydrogens (tertiary/aromatic N) is 1. The number of carbonyl (C=O) groups is 1. The van der Waals surface area contributed by atoms with E-state index in [1.807, 2.05) is 0 Å². The van der Waals surface area contributed by atoms with Gasteiger partial charge < -0.3 is 20.1 Å². The standard InChI is InChI=1S/C19H15F3N2O4/c20-11-2-1-10(14(21)5-11)8-23-16-6-12-17(7-15(16)22)24(3-4-25)9-13(18(12)26)19(27)28/h1-2,5-7,9,23,25H,3-4,8H2,(H,27,28). The van der Waals surface area contributed by atoms with Crippen LogP contribution < -0.4 is 10.7 Å². The van der Waals surface area contributed by atoms with Crippen molar-refractivity contribution in [2.45, 2.75) is 13.1 Å². The van der Waals surface area contributed by atoms with Crippen LogP contribution in [0.1, 0.15) is 15.9 Å². The molecule has 3 N–H and O–H groups in total. The Morgan fingerprint density at radius 3 is 2.50 bits per heavy atom. The molecule has 1 heterocycles. The smallest absolute Gasteiger partial charge is 0.341 e. The number of anilines is 1. The second-order valence-corrected chi connectivity index (χ2v) is 6.03. The lowest BCUT2D eigenvalue weighted by Crippen LogP contribution is -2.20. The lowest BCUT2D eigenvalue weighted by Gasteiger charge is -2.14. The summed E-state index contributed by atoms with van der Waals surface area (Å²) in [6.07, 6.45) is 1.05. The van der Waals surface area contributed by atoms with Crippen molar-refractivity contribution in [1.82, 2.24) is 4.57 Å². The fraction of sp³-hybridized carbons (Fsp3) is 0.158. The van der Waals surface area contributed by atoms with Crippen LogP contribution in [0.4, 0.5) is 18.9 Å². The Labute approximate surface area is 156 Å². The third-order valence-electron chi connectivity index (χ3n) is 4.22. The zero-order valence-corrected chi connectivity index (χ0v) is 14.4. The minimum Gasteiger partial charge on any atom is -0.477 e. The summed E-state index contributed by atoms with van der Waals surface area (Å²) in [5.74, 6) is -3.77. The summed E-state index contributed by atoms with van der Waals surface area (Å²) in [6.45, 7) is -0.565. The number of nitrogens with one attached hydrogen (secondary N) is 1. The zero-order chi connectivity index (χ0) is 20.4. The highest BCUT2D eigenvalue weighted by Crippen LogP contribution is 2.23. The first kappa shape index (κ1) is 19.4. The minimum atomic E-state index is -1.45. The maximum Gasteiger partial charge on any atom is 0.341 e. The number of pyridine rings is 1. The Morgan fingerprint density at radius 2 is 1.86 bits per heavy atom. The van der Waals surface area contributed by atoms with E-state index < -0.39 is 34.4 Å². The largest absolute Gasteiger partial charge is 0.477 e. The molecular formula is C19H15F3N2O4. The third kappa shape index (κ3) is 3.70. The Bertz CT molecular complexity index is 1130. The van der Waals surface area contributed by atoms with E-state index in [1.165, 1.54) is 10.6 Å². The Balaban J connectivity index is 2.06. The van der Waals surface area contributed by atoms with Gasteiger partial charge in [-0.3, -0.25) is 4.79 Å². The van der Waals surface area contributed by atoms with Crippen LogP contribution in [0.15, 0.2) is 41.3 Å². The predicted molar refractivity (Wildman–Crippen MR) is 95.9 cm³/mol. The van der Waals surface area contributed by atoms with Crippen LogP contribution in [0.25, 0.3) is 10.9 Å². The van der Waals surface area contributed by atoms with E-state index in [9.17, 15) is 27.9 Å². The van der Waals surface area contributed by atoms with Gasteiger partial charge in [0.05, 0.1) is 17.8 Å². The maximum atomic E-state index is 14.5. The van der Waals surface area contributed by atoms with Crippen LogP contribution in [-0.4, -0.2) is 27.4 Å². The molecule has 0 saturated heterocycles. The number of aromatic carboxylic acids is 1. The first-order valence-corrected chi connectivity index (χ1v) is 8.20. The van der Waals surface area contributed by atoms with Crippen LogP contribution in [0.3, 0.4) is 0 Å². The number of hydrogen-bond donors (Lipinski definition) is 3. The molecule has 0 bridgehead atoms. The molecule has 3 rings (SSSR count). The molecule has 0 radical (unpaired) electrons. The van der Waals surface area contributed by atoms with Crippen LogP contribution in [0, 0.1) is 17.5 Å². The monoisotopic (exact) mass is 392 g/mol. The van der Waals surface area contributed by atoms with Gasteiger partial charge in [-0.15, -0.1) is 0 Å². The molecule has 0 unspecified atom stereocenters. The van der Waals surface area contributed by atoms with Gasteiger partial charge in [0, 0.05) is 42.4 Å². The Hall–Kier alpha value is -3.33. The Kier molecular flexibility index (Phi) is 5.36. The maximum absolute atomic E-state index is 14.5. The number of hydrogen-bond acceptors (Lipinski definition) is 4. The quantitative estimate of drug-likeness (QED) is 0.600. The number of aliphatic hydroxyl groups is 1. The number of rotatable bonds is 6. The number of halogens is 3. The fourth-order valence-corrected chi connectivity index (χ4v) is 2.85. The summed E-state index contributed by atoms with van der Waals surface area (Å²) >= 11 is 0. The molecule has 0 amide bonds. The van der Waals surface area contributed by atoms with Crippen molar-refractivity contribution in [2.24, 2.45) is 0 Å². The van der Waals surface area contributed by atoms with E-state index in [4.69, 9.17) is 5.11 Å². The molecule has 9 heteroatoms. The topological polar surface area (TPSA) is 91.6 Å². The normalized spacial score (nSPS) is 11.0. The molecule has 0 aliphatic rings. The number of fused-ring (bicyclic) bond motifs is 1. The molecule has 2 aromatic carbocycles. The van der Waals surface area contributed by atoms with Gasteiger partial charge in [-0.25, -0.2) is 18.0 Å². The predicted octanol–water partition coefficient (Wildman–Crippen LogP) is 2.72. The summed E-state index contributed by atoms with van der Waals surface area (Å²) in [4.78, 5) is 23.8. The lowest BCUT2D eigenvalue weighted by atomic mass is 10.1. The van der Waals surface area contributed by atoms with E-state index in [-0.39, 0.29) is 41.9 Å². The highest BCUT2D eigenvalue weighted by atomic mass is 19.1. The lowest BCUT2D eigenvalue weighted by molar-refractivity contribution is 0.0694. The van der Waals surface area contributed by atoms with Crippen molar-refractivity contribution in [3.63, 3.8) is 0 Å².